The van der Waals surface area contributed by atoms with Gasteiger partial charge in [-0.3, -0.25) is 19.3 Å². The summed E-state index contributed by atoms with van der Waals surface area (Å²) in [5, 5.41) is 0. The van der Waals surface area contributed by atoms with E-state index in [0.717, 1.165) is 24.0 Å². The van der Waals surface area contributed by atoms with Crippen LogP contribution in [-0.4, -0.2) is 32.6 Å². The summed E-state index contributed by atoms with van der Waals surface area (Å²) in [5.41, 5.74) is 1.15. The van der Waals surface area contributed by atoms with Gasteiger partial charge in [0.2, 0.25) is 0 Å². The number of para-hydroxylation sites is 1. The smallest absolute Gasteiger partial charge is 0.369 e. The molecule has 1 aromatic carbocycles. The monoisotopic (exact) mass is 497 g/mol. The molecule has 5 rings (SSSR count). The van der Waals surface area contributed by atoms with Crippen molar-refractivity contribution >= 4 is 16.9 Å². The molecule has 10 heteroatoms. The average molecular weight is 497 g/mol. The Morgan fingerprint density at radius 3 is 2.53 bits per heavy atom. The van der Waals surface area contributed by atoms with Crippen molar-refractivity contribution in [3.63, 3.8) is 0 Å². The van der Waals surface area contributed by atoms with Crippen LogP contribution in [0.4, 0.5) is 23.2 Å². The lowest BCUT2D eigenvalue weighted by Gasteiger charge is -2.34. The van der Waals surface area contributed by atoms with Gasteiger partial charge in [0.1, 0.15) is 11.3 Å². The standard InChI is InChI=1S/C26H23F4N5O/c1-16-3-2-4-21(27)23(16)34-11-6-17(7-12-34)19-13-22-24(33-10-9-32-22)35(25(19)36)15-18-14-31-8-5-20(18)26(28,29)30/h2-5,8-10,13-14,17H,6-7,11-12,15H2,1H3. The van der Waals surface area contributed by atoms with Crippen LogP contribution in [0.1, 0.15) is 41.0 Å². The van der Waals surface area contributed by atoms with Crippen molar-refractivity contribution < 1.29 is 17.6 Å². The predicted octanol–water partition coefficient (Wildman–Crippen LogP) is 5.09. The van der Waals surface area contributed by atoms with E-state index in [1.54, 1.807) is 12.1 Å². The van der Waals surface area contributed by atoms with Crippen LogP contribution in [-0.2, 0) is 12.7 Å². The summed E-state index contributed by atoms with van der Waals surface area (Å²) in [6.07, 6.45) is 1.69. The van der Waals surface area contributed by atoms with Gasteiger partial charge in [-0.2, -0.15) is 13.2 Å². The van der Waals surface area contributed by atoms with Gasteiger partial charge in [-0.1, -0.05) is 12.1 Å². The first kappa shape index (κ1) is 23.9. The Morgan fingerprint density at radius 1 is 1.06 bits per heavy atom. The van der Waals surface area contributed by atoms with E-state index in [4.69, 9.17) is 0 Å². The molecule has 36 heavy (non-hydrogen) atoms. The number of alkyl halides is 3. The number of hydrogen-bond donors (Lipinski definition) is 0. The van der Waals surface area contributed by atoms with Gasteiger partial charge in [0.25, 0.3) is 5.56 Å². The summed E-state index contributed by atoms with van der Waals surface area (Å²) in [6, 6.07) is 7.55. The number of aryl methyl sites for hydroxylation is 1. The maximum absolute atomic E-state index is 14.5. The SMILES string of the molecule is Cc1cccc(F)c1N1CCC(c2cc3nccnc3n(Cc3cnccc3C(F)(F)F)c2=O)CC1. The lowest BCUT2D eigenvalue weighted by Crippen LogP contribution is -2.36. The van der Waals surface area contributed by atoms with Crippen molar-refractivity contribution in [1.82, 2.24) is 19.5 Å². The number of anilines is 1. The molecule has 0 spiro atoms. The van der Waals surface area contributed by atoms with Crippen LogP contribution in [0.5, 0.6) is 0 Å². The van der Waals surface area contributed by atoms with Crippen molar-refractivity contribution in [1.29, 1.82) is 0 Å². The number of nitrogens with zero attached hydrogens (tertiary/aromatic N) is 5. The first-order valence-electron chi connectivity index (χ1n) is 11.6. The number of rotatable bonds is 4. The van der Waals surface area contributed by atoms with E-state index in [-0.39, 0.29) is 29.5 Å². The molecule has 0 bridgehead atoms. The maximum Gasteiger partial charge on any atom is 0.416 e. The molecule has 0 radical (unpaired) electrons. The Hall–Kier alpha value is -3.82. The van der Waals surface area contributed by atoms with Gasteiger partial charge >= 0.3 is 6.18 Å². The molecule has 0 amide bonds. The summed E-state index contributed by atoms with van der Waals surface area (Å²) in [7, 11) is 0. The van der Waals surface area contributed by atoms with Gasteiger partial charge < -0.3 is 4.90 Å². The van der Waals surface area contributed by atoms with Gasteiger partial charge in [-0.15, -0.1) is 0 Å². The summed E-state index contributed by atoms with van der Waals surface area (Å²) in [6.45, 7) is 2.62. The lowest BCUT2D eigenvalue weighted by atomic mass is 9.89. The number of halogens is 4. The first-order valence-corrected chi connectivity index (χ1v) is 11.6. The zero-order valence-corrected chi connectivity index (χ0v) is 19.5. The fourth-order valence-electron chi connectivity index (χ4n) is 4.99. The molecule has 1 aliphatic heterocycles. The van der Waals surface area contributed by atoms with Gasteiger partial charge in [-0.05, 0) is 49.4 Å². The fourth-order valence-corrected chi connectivity index (χ4v) is 4.99. The van der Waals surface area contributed by atoms with E-state index in [1.165, 1.54) is 23.0 Å². The Labute approximate surface area is 204 Å². The van der Waals surface area contributed by atoms with Crippen LogP contribution in [0.3, 0.4) is 0 Å². The summed E-state index contributed by atoms with van der Waals surface area (Å²) < 4.78 is 56.5. The molecule has 1 aliphatic rings. The average Bonchev–Trinajstić information content (AvgIpc) is 2.86. The van der Waals surface area contributed by atoms with Crippen molar-refractivity contribution in [3.8, 4) is 0 Å². The van der Waals surface area contributed by atoms with Crippen LogP contribution in [0.15, 0.2) is 59.9 Å². The van der Waals surface area contributed by atoms with Crippen molar-refractivity contribution in [2.45, 2.75) is 38.4 Å². The number of pyridine rings is 2. The normalized spacial score (nSPS) is 15.0. The molecule has 0 atom stereocenters. The highest BCUT2D eigenvalue weighted by Crippen LogP contribution is 2.34. The minimum atomic E-state index is -4.58. The zero-order valence-electron chi connectivity index (χ0n) is 19.5. The van der Waals surface area contributed by atoms with Gasteiger partial charge in [0, 0.05) is 49.0 Å². The molecule has 0 saturated carbocycles. The van der Waals surface area contributed by atoms with Gasteiger partial charge in [0.15, 0.2) is 5.65 Å². The Balaban J connectivity index is 1.51. The molecule has 0 N–H and O–H groups in total. The molecular formula is C26H23F4N5O. The van der Waals surface area contributed by atoms with E-state index in [0.29, 0.717) is 42.7 Å². The lowest BCUT2D eigenvalue weighted by molar-refractivity contribution is -0.138. The molecule has 1 saturated heterocycles. The number of piperidine rings is 1. The highest BCUT2D eigenvalue weighted by Gasteiger charge is 2.34. The molecule has 3 aromatic heterocycles. The van der Waals surface area contributed by atoms with Crippen molar-refractivity contribution in [2.75, 3.05) is 18.0 Å². The third kappa shape index (κ3) is 4.43. The third-order valence-electron chi connectivity index (χ3n) is 6.72. The molecule has 0 aliphatic carbocycles. The minimum Gasteiger partial charge on any atom is -0.369 e. The van der Waals surface area contributed by atoms with E-state index in [1.807, 2.05) is 17.9 Å². The molecule has 6 nitrogen and oxygen atoms in total. The van der Waals surface area contributed by atoms with Crippen LogP contribution in [0, 0.1) is 12.7 Å². The van der Waals surface area contributed by atoms with Crippen molar-refractivity contribution in [3.05, 3.63) is 93.5 Å². The first-order chi connectivity index (χ1) is 17.2. The van der Waals surface area contributed by atoms with Crippen LogP contribution >= 0.6 is 0 Å². The molecule has 0 unspecified atom stereocenters. The Kier molecular flexibility index (Phi) is 6.19. The highest BCUT2D eigenvalue weighted by molar-refractivity contribution is 5.71. The second-order valence-electron chi connectivity index (χ2n) is 8.95. The maximum atomic E-state index is 14.5. The fraction of sp³-hybridized carbons (Fsp3) is 0.308. The molecule has 1 fully saturated rings. The summed E-state index contributed by atoms with van der Waals surface area (Å²) >= 11 is 0. The van der Waals surface area contributed by atoms with E-state index >= 15 is 0 Å². The Morgan fingerprint density at radius 2 is 1.81 bits per heavy atom. The zero-order chi connectivity index (χ0) is 25.4. The topological polar surface area (TPSA) is 63.9 Å². The largest absolute Gasteiger partial charge is 0.416 e. The van der Waals surface area contributed by atoms with E-state index in [9.17, 15) is 22.4 Å². The van der Waals surface area contributed by atoms with Crippen LogP contribution < -0.4 is 10.5 Å². The van der Waals surface area contributed by atoms with Gasteiger partial charge in [-0.25, -0.2) is 9.37 Å². The molecule has 4 aromatic rings. The summed E-state index contributed by atoms with van der Waals surface area (Å²) in [5.74, 6) is -0.428. The molecule has 4 heterocycles. The van der Waals surface area contributed by atoms with E-state index in [2.05, 4.69) is 15.0 Å². The minimum absolute atomic E-state index is 0.124. The van der Waals surface area contributed by atoms with Crippen molar-refractivity contribution in [2.24, 2.45) is 0 Å². The molecular weight excluding hydrogens is 474 g/mol. The predicted molar refractivity (Wildman–Crippen MR) is 127 cm³/mol. The van der Waals surface area contributed by atoms with Crippen LogP contribution in [0.25, 0.3) is 11.2 Å². The van der Waals surface area contributed by atoms with Crippen LogP contribution in [0.2, 0.25) is 0 Å². The highest BCUT2D eigenvalue weighted by atomic mass is 19.4. The molecule has 186 valence electrons. The number of fused-ring (bicyclic) bond motifs is 1. The van der Waals surface area contributed by atoms with E-state index < -0.39 is 17.3 Å². The second-order valence-corrected chi connectivity index (χ2v) is 8.95. The Bertz CT molecular complexity index is 1460. The number of benzene rings is 1. The summed E-state index contributed by atoms with van der Waals surface area (Å²) in [4.78, 5) is 28.0. The third-order valence-corrected chi connectivity index (χ3v) is 6.72. The second kappa shape index (κ2) is 9.33. The number of aromatic nitrogens is 4. The van der Waals surface area contributed by atoms with Gasteiger partial charge in [0.05, 0.1) is 17.8 Å². The number of hydrogen-bond acceptors (Lipinski definition) is 5. The quantitative estimate of drug-likeness (QED) is 0.368.